The maximum atomic E-state index is 12.8. The van der Waals surface area contributed by atoms with Crippen LogP contribution in [0.3, 0.4) is 0 Å². The number of aromatic nitrogens is 6. The molecule has 0 aliphatic heterocycles. The number of anilines is 2. The third kappa shape index (κ3) is 7.77. The van der Waals surface area contributed by atoms with Gasteiger partial charge in [-0.2, -0.15) is 5.26 Å². The zero-order valence-electron chi connectivity index (χ0n) is 25.4. The van der Waals surface area contributed by atoms with Gasteiger partial charge in [0, 0.05) is 30.5 Å². The van der Waals surface area contributed by atoms with Gasteiger partial charge in [-0.25, -0.2) is 19.4 Å². The van der Waals surface area contributed by atoms with E-state index in [1.165, 1.54) is 6.33 Å². The van der Waals surface area contributed by atoms with Gasteiger partial charge in [0.1, 0.15) is 35.6 Å². The number of hydrogen-bond donors (Lipinski definition) is 1. The lowest BCUT2D eigenvalue weighted by Crippen LogP contribution is -2.37. The van der Waals surface area contributed by atoms with Gasteiger partial charge in [-0.05, 0) is 86.4 Å². The van der Waals surface area contributed by atoms with E-state index < -0.39 is 5.60 Å². The highest BCUT2D eigenvalue weighted by molar-refractivity contribution is 5.70. The average Bonchev–Trinajstić information content (AvgIpc) is 3.71. The molecule has 44 heavy (non-hydrogen) atoms. The van der Waals surface area contributed by atoms with Crippen LogP contribution in [0.5, 0.6) is 11.5 Å². The highest BCUT2D eigenvalue weighted by Gasteiger charge is 2.35. The Balaban J connectivity index is 1.27. The Morgan fingerprint density at radius 1 is 1.14 bits per heavy atom. The largest absolute Gasteiger partial charge is 0.495 e. The third-order valence-electron chi connectivity index (χ3n) is 6.73. The number of carbonyl (C=O) groups excluding carboxylic acids is 1. The molecule has 5 rings (SSSR count). The van der Waals surface area contributed by atoms with Crippen LogP contribution in [0.2, 0.25) is 0 Å². The molecule has 0 spiro atoms. The number of nitrogens with zero attached hydrogens (tertiary/aromatic N) is 8. The van der Waals surface area contributed by atoms with Gasteiger partial charge in [0.25, 0.3) is 0 Å². The Bertz CT molecular complexity index is 1630. The number of amides is 1. The molecule has 2 heterocycles. The molecule has 1 saturated carbocycles. The predicted molar refractivity (Wildman–Crippen MR) is 161 cm³/mol. The van der Waals surface area contributed by atoms with Crippen LogP contribution in [0.4, 0.5) is 16.4 Å². The van der Waals surface area contributed by atoms with Crippen LogP contribution in [-0.4, -0.2) is 66.0 Å². The summed E-state index contributed by atoms with van der Waals surface area (Å²) in [5, 5.41) is 23.9. The molecule has 1 fully saturated rings. The minimum Gasteiger partial charge on any atom is -0.495 e. The van der Waals surface area contributed by atoms with Gasteiger partial charge in [-0.3, -0.25) is 0 Å². The molecule has 0 saturated heterocycles. The molecule has 0 bridgehead atoms. The number of nitrogens with one attached hydrogen (secondary N) is 1. The standard InChI is InChI=1S/C31H35N9O4/c1-20(17-39-19-35-37-38-39)43-27-13-22(7-8-23(27)14-32)24-15-33-29(34-16-24)36-26-11-6-21(12-28(26)42-5)18-40(25-9-10-25)30(41)44-31(2,3)4/h6-8,11-13,15-16,19-20,25H,9-10,17-18H2,1-5H3,(H,33,34,36)/t20-/m0/s1. The summed E-state index contributed by atoms with van der Waals surface area (Å²) in [6.45, 7) is 8.34. The second-order valence-electron chi connectivity index (χ2n) is 11.6. The van der Waals surface area contributed by atoms with E-state index in [1.54, 1.807) is 41.2 Å². The smallest absolute Gasteiger partial charge is 0.410 e. The third-order valence-corrected chi connectivity index (χ3v) is 6.73. The van der Waals surface area contributed by atoms with Crippen LogP contribution in [0, 0.1) is 11.3 Å². The predicted octanol–water partition coefficient (Wildman–Crippen LogP) is 5.12. The van der Waals surface area contributed by atoms with Crippen molar-refractivity contribution in [2.45, 2.75) is 71.4 Å². The first-order chi connectivity index (χ1) is 21.1. The van der Waals surface area contributed by atoms with Crippen molar-refractivity contribution in [3.05, 3.63) is 66.2 Å². The van der Waals surface area contributed by atoms with E-state index in [0.717, 1.165) is 29.5 Å². The lowest BCUT2D eigenvalue weighted by Gasteiger charge is -2.27. The molecule has 2 aromatic carbocycles. The first-order valence-corrected chi connectivity index (χ1v) is 14.3. The highest BCUT2D eigenvalue weighted by Crippen LogP contribution is 2.33. The van der Waals surface area contributed by atoms with Crippen molar-refractivity contribution in [3.8, 4) is 28.7 Å². The van der Waals surface area contributed by atoms with Crippen molar-refractivity contribution in [1.82, 2.24) is 35.1 Å². The number of benzene rings is 2. The van der Waals surface area contributed by atoms with Crippen LogP contribution < -0.4 is 14.8 Å². The summed E-state index contributed by atoms with van der Waals surface area (Å²) < 4.78 is 18.9. The molecule has 1 aliphatic rings. The van der Waals surface area contributed by atoms with Gasteiger partial charge in [-0.1, -0.05) is 12.1 Å². The minimum absolute atomic E-state index is 0.194. The van der Waals surface area contributed by atoms with Crippen molar-refractivity contribution < 1.29 is 19.0 Å². The van der Waals surface area contributed by atoms with Gasteiger partial charge < -0.3 is 24.4 Å². The fraction of sp³-hybridized carbons (Fsp3) is 0.387. The number of carbonyl (C=O) groups is 1. The fourth-order valence-electron chi connectivity index (χ4n) is 4.52. The van der Waals surface area contributed by atoms with Crippen molar-refractivity contribution >= 4 is 17.7 Å². The van der Waals surface area contributed by atoms with E-state index >= 15 is 0 Å². The number of rotatable bonds is 11. The van der Waals surface area contributed by atoms with Crippen molar-refractivity contribution in [2.75, 3.05) is 12.4 Å². The van der Waals surface area contributed by atoms with Gasteiger partial charge in [0.05, 0.1) is 24.9 Å². The normalized spacial score (nSPS) is 13.5. The first kappa shape index (κ1) is 30.2. The Morgan fingerprint density at radius 3 is 2.55 bits per heavy atom. The lowest BCUT2D eigenvalue weighted by molar-refractivity contribution is 0.0216. The number of ether oxygens (including phenoxy) is 3. The van der Waals surface area contributed by atoms with Crippen LogP contribution in [0.25, 0.3) is 11.1 Å². The SMILES string of the molecule is COc1cc(CN(C(=O)OC(C)(C)C)C2CC2)ccc1Nc1ncc(-c2ccc(C#N)c(O[C@@H](C)Cn3cnnn3)c2)cn1. The lowest BCUT2D eigenvalue weighted by atomic mass is 10.1. The van der Waals surface area contributed by atoms with E-state index in [2.05, 4.69) is 36.9 Å². The molecule has 13 heteroatoms. The summed E-state index contributed by atoms with van der Waals surface area (Å²) in [4.78, 5) is 23.6. The Labute approximate surface area is 255 Å². The Hall–Kier alpha value is -5.25. The molecule has 1 aliphatic carbocycles. The maximum Gasteiger partial charge on any atom is 0.410 e. The first-order valence-electron chi connectivity index (χ1n) is 14.3. The number of hydrogen-bond acceptors (Lipinski definition) is 11. The molecular weight excluding hydrogens is 562 g/mol. The molecule has 2 aromatic heterocycles. The van der Waals surface area contributed by atoms with Crippen LogP contribution in [0.1, 0.15) is 51.7 Å². The zero-order valence-corrected chi connectivity index (χ0v) is 25.4. The van der Waals surface area contributed by atoms with E-state index in [-0.39, 0.29) is 18.2 Å². The van der Waals surface area contributed by atoms with Crippen LogP contribution in [0.15, 0.2) is 55.1 Å². The average molecular weight is 598 g/mol. The van der Waals surface area contributed by atoms with Crippen LogP contribution in [-0.2, 0) is 17.8 Å². The molecule has 4 aromatic rings. The minimum atomic E-state index is -0.558. The van der Waals surface area contributed by atoms with E-state index in [0.29, 0.717) is 41.8 Å². The molecule has 228 valence electrons. The topological polar surface area (TPSA) is 153 Å². The molecule has 1 atom stereocenters. The highest BCUT2D eigenvalue weighted by atomic mass is 16.6. The van der Waals surface area contributed by atoms with E-state index in [4.69, 9.17) is 14.2 Å². The number of methoxy groups -OCH3 is 1. The van der Waals surface area contributed by atoms with E-state index in [9.17, 15) is 10.1 Å². The molecule has 0 radical (unpaired) electrons. The summed E-state index contributed by atoms with van der Waals surface area (Å²) in [5.41, 5.74) is 3.02. The van der Waals surface area contributed by atoms with Crippen LogP contribution >= 0.6 is 0 Å². The molecule has 1 amide bonds. The van der Waals surface area contributed by atoms with Crippen molar-refractivity contribution in [3.63, 3.8) is 0 Å². The fourth-order valence-corrected chi connectivity index (χ4v) is 4.52. The summed E-state index contributed by atoms with van der Waals surface area (Å²) >= 11 is 0. The summed E-state index contributed by atoms with van der Waals surface area (Å²) in [6.07, 6.45) is 6.25. The number of nitriles is 1. The molecule has 1 N–H and O–H groups in total. The second-order valence-corrected chi connectivity index (χ2v) is 11.6. The Kier molecular flexibility index (Phi) is 8.89. The van der Waals surface area contributed by atoms with Gasteiger partial charge in [0.2, 0.25) is 5.95 Å². The van der Waals surface area contributed by atoms with Crippen molar-refractivity contribution in [2.24, 2.45) is 0 Å². The van der Waals surface area contributed by atoms with Crippen molar-refractivity contribution in [1.29, 1.82) is 5.26 Å². The molecule has 13 nitrogen and oxygen atoms in total. The summed E-state index contributed by atoms with van der Waals surface area (Å²) in [6, 6.07) is 13.4. The summed E-state index contributed by atoms with van der Waals surface area (Å²) in [7, 11) is 1.59. The monoisotopic (exact) mass is 597 g/mol. The van der Waals surface area contributed by atoms with Gasteiger partial charge >= 0.3 is 6.09 Å². The number of tetrazole rings is 1. The van der Waals surface area contributed by atoms with Gasteiger partial charge in [0.15, 0.2) is 0 Å². The molecule has 0 unspecified atom stereocenters. The molecular formula is C31H35N9O4. The summed E-state index contributed by atoms with van der Waals surface area (Å²) in [5.74, 6) is 1.43. The second kappa shape index (κ2) is 12.9. The van der Waals surface area contributed by atoms with Gasteiger partial charge in [-0.15, -0.1) is 5.10 Å². The Morgan fingerprint density at radius 2 is 1.91 bits per heavy atom. The maximum absolute atomic E-state index is 12.8. The quantitative estimate of drug-likeness (QED) is 0.245. The zero-order chi connectivity index (χ0) is 31.3. The van der Waals surface area contributed by atoms with E-state index in [1.807, 2.05) is 52.0 Å².